The smallest absolute Gasteiger partial charge is 0.242 e. The third-order valence-electron chi connectivity index (χ3n) is 3.00. The molecule has 5 nitrogen and oxygen atoms in total. The second-order valence-corrected chi connectivity index (χ2v) is 6.67. The maximum Gasteiger partial charge on any atom is 0.242 e. The number of pyridine rings is 1. The van der Waals surface area contributed by atoms with E-state index in [0.717, 1.165) is 5.56 Å². The molecule has 1 unspecified atom stereocenters. The molecule has 112 valence electrons. The van der Waals surface area contributed by atoms with Gasteiger partial charge in [0.2, 0.25) is 10.0 Å². The Balaban J connectivity index is 2.17. The number of nitrogens with zero attached hydrogens (tertiary/aromatic N) is 1. The van der Waals surface area contributed by atoms with Crippen LogP contribution in [0.25, 0.3) is 0 Å². The third-order valence-corrected chi connectivity index (χ3v) is 4.78. The van der Waals surface area contributed by atoms with Crippen LogP contribution in [0.4, 0.5) is 5.82 Å². The zero-order valence-electron chi connectivity index (χ0n) is 11.7. The molecule has 0 aliphatic carbocycles. The predicted molar refractivity (Wildman–Crippen MR) is 84.0 cm³/mol. The van der Waals surface area contributed by atoms with Crippen molar-refractivity contribution in [3.05, 3.63) is 53.2 Å². The number of hydrogen-bond acceptors (Lipinski definition) is 4. The van der Waals surface area contributed by atoms with Gasteiger partial charge in [0.25, 0.3) is 0 Å². The molecule has 0 bridgehead atoms. The highest BCUT2D eigenvalue weighted by molar-refractivity contribution is 7.89. The van der Waals surface area contributed by atoms with E-state index in [1.165, 1.54) is 12.3 Å². The molecule has 1 heterocycles. The Labute approximate surface area is 129 Å². The van der Waals surface area contributed by atoms with Gasteiger partial charge in [0.1, 0.15) is 10.7 Å². The lowest BCUT2D eigenvalue weighted by molar-refractivity contribution is 0.566. The van der Waals surface area contributed by atoms with Crippen LogP contribution in [-0.4, -0.2) is 20.4 Å². The van der Waals surface area contributed by atoms with Crippen molar-refractivity contribution in [2.75, 3.05) is 12.4 Å². The Morgan fingerprint density at radius 1 is 1.14 bits per heavy atom. The van der Waals surface area contributed by atoms with Crippen LogP contribution in [0, 0.1) is 0 Å². The van der Waals surface area contributed by atoms with Crippen LogP contribution >= 0.6 is 11.6 Å². The first-order valence-electron chi connectivity index (χ1n) is 6.34. The molecule has 0 saturated carbocycles. The zero-order valence-corrected chi connectivity index (χ0v) is 13.2. The summed E-state index contributed by atoms with van der Waals surface area (Å²) in [6.07, 6.45) is 1.32. The summed E-state index contributed by atoms with van der Waals surface area (Å²) >= 11 is 5.82. The number of anilines is 1. The molecule has 0 aliphatic rings. The lowest BCUT2D eigenvalue weighted by Crippen LogP contribution is -2.27. The van der Waals surface area contributed by atoms with E-state index in [9.17, 15) is 8.42 Å². The molecular formula is C14H16ClN3O2S. The first-order valence-corrected chi connectivity index (χ1v) is 8.20. The molecule has 1 atom stereocenters. The molecule has 0 amide bonds. The first kappa shape index (κ1) is 15.8. The maximum absolute atomic E-state index is 12.3. The van der Waals surface area contributed by atoms with Gasteiger partial charge in [0.15, 0.2) is 0 Å². The zero-order chi connectivity index (χ0) is 15.5. The van der Waals surface area contributed by atoms with Crippen molar-refractivity contribution < 1.29 is 8.42 Å². The van der Waals surface area contributed by atoms with E-state index in [1.54, 1.807) is 44.3 Å². The summed E-state index contributed by atoms with van der Waals surface area (Å²) < 4.78 is 27.2. The van der Waals surface area contributed by atoms with E-state index < -0.39 is 10.0 Å². The molecule has 21 heavy (non-hydrogen) atoms. The van der Waals surface area contributed by atoms with Crippen LogP contribution < -0.4 is 10.0 Å². The van der Waals surface area contributed by atoms with Crippen molar-refractivity contribution in [1.82, 2.24) is 9.71 Å². The number of benzene rings is 1. The van der Waals surface area contributed by atoms with Gasteiger partial charge >= 0.3 is 0 Å². The second-order valence-electron chi connectivity index (χ2n) is 4.52. The summed E-state index contributed by atoms with van der Waals surface area (Å²) in [5.41, 5.74) is 0.836. The SMILES string of the molecule is CNc1ccc(S(=O)(=O)NC(C)c2ccc(Cl)cc2)cn1. The first-order chi connectivity index (χ1) is 9.92. The molecule has 2 aromatic rings. The van der Waals surface area contributed by atoms with Crippen LogP contribution in [-0.2, 0) is 10.0 Å². The van der Waals surface area contributed by atoms with Crippen LogP contribution in [0.2, 0.25) is 5.02 Å². The molecule has 0 aliphatic heterocycles. The Hall–Kier alpha value is -1.63. The summed E-state index contributed by atoms with van der Waals surface area (Å²) in [4.78, 5) is 4.13. The minimum absolute atomic E-state index is 0.127. The van der Waals surface area contributed by atoms with Crippen molar-refractivity contribution in [1.29, 1.82) is 0 Å². The molecule has 0 radical (unpaired) electrons. The summed E-state index contributed by atoms with van der Waals surface area (Å²) in [5, 5.41) is 3.45. The molecular weight excluding hydrogens is 310 g/mol. The summed E-state index contributed by atoms with van der Waals surface area (Å²) in [5.74, 6) is 0.611. The third kappa shape index (κ3) is 3.93. The van der Waals surface area contributed by atoms with Gasteiger partial charge < -0.3 is 5.32 Å². The highest BCUT2D eigenvalue weighted by Gasteiger charge is 2.18. The molecule has 2 rings (SSSR count). The summed E-state index contributed by atoms with van der Waals surface area (Å²) in [6, 6.07) is 9.79. The topological polar surface area (TPSA) is 71.1 Å². The summed E-state index contributed by atoms with van der Waals surface area (Å²) in [7, 11) is -1.90. The average Bonchev–Trinajstić information content (AvgIpc) is 2.47. The lowest BCUT2D eigenvalue weighted by atomic mass is 10.1. The number of aromatic nitrogens is 1. The Bertz CT molecular complexity index is 700. The quantitative estimate of drug-likeness (QED) is 0.886. The van der Waals surface area contributed by atoms with E-state index in [-0.39, 0.29) is 10.9 Å². The van der Waals surface area contributed by atoms with E-state index in [0.29, 0.717) is 10.8 Å². The van der Waals surface area contributed by atoms with E-state index >= 15 is 0 Å². The minimum atomic E-state index is -3.62. The van der Waals surface area contributed by atoms with Crippen molar-refractivity contribution in [3.8, 4) is 0 Å². The Morgan fingerprint density at radius 2 is 1.81 bits per heavy atom. The van der Waals surface area contributed by atoms with Crippen molar-refractivity contribution in [3.63, 3.8) is 0 Å². The van der Waals surface area contributed by atoms with Crippen LogP contribution in [0.3, 0.4) is 0 Å². The van der Waals surface area contributed by atoms with Crippen LogP contribution in [0.5, 0.6) is 0 Å². The average molecular weight is 326 g/mol. The summed E-state index contributed by atoms with van der Waals surface area (Å²) in [6.45, 7) is 1.77. The van der Waals surface area contributed by atoms with Gasteiger partial charge in [-0.05, 0) is 36.8 Å². The fourth-order valence-corrected chi connectivity index (χ4v) is 3.11. The number of nitrogens with one attached hydrogen (secondary N) is 2. The van der Waals surface area contributed by atoms with Gasteiger partial charge in [-0.1, -0.05) is 23.7 Å². The predicted octanol–water partition coefficient (Wildman–Crippen LogP) is 2.82. The molecule has 1 aromatic heterocycles. The van der Waals surface area contributed by atoms with Crippen molar-refractivity contribution in [2.45, 2.75) is 17.9 Å². The number of halogens is 1. The van der Waals surface area contributed by atoms with Gasteiger partial charge in [-0.3, -0.25) is 0 Å². The van der Waals surface area contributed by atoms with E-state index in [4.69, 9.17) is 11.6 Å². The van der Waals surface area contributed by atoms with E-state index in [2.05, 4.69) is 15.0 Å². The normalized spacial score (nSPS) is 12.9. The lowest BCUT2D eigenvalue weighted by Gasteiger charge is -2.14. The van der Waals surface area contributed by atoms with Crippen molar-refractivity contribution in [2.24, 2.45) is 0 Å². The van der Waals surface area contributed by atoms with Gasteiger partial charge in [-0.2, -0.15) is 0 Å². The molecule has 0 spiro atoms. The fraction of sp³-hybridized carbons (Fsp3) is 0.214. The Morgan fingerprint density at radius 3 is 2.33 bits per heavy atom. The van der Waals surface area contributed by atoms with Crippen LogP contribution in [0.1, 0.15) is 18.5 Å². The molecule has 0 saturated heterocycles. The van der Waals surface area contributed by atoms with Gasteiger partial charge in [0, 0.05) is 24.3 Å². The monoisotopic (exact) mass is 325 g/mol. The van der Waals surface area contributed by atoms with Gasteiger partial charge in [-0.15, -0.1) is 0 Å². The fourth-order valence-electron chi connectivity index (χ4n) is 1.81. The number of sulfonamides is 1. The second kappa shape index (κ2) is 6.43. The standard InChI is InChI=1S/C14H16ClN3O2S/c1-10(11-3-5-12(15)6-4-11)18-21(19,20)13-7-8-14(16-2)17-9-13/h3-10,18H,1-2H3,(H,16,17). The maximum atomic E-state index is 12.3. The molecule has 1 aromatic carbocycles. The Kier molecular flexibility index (Phi) is 4.82. The van der Waals surface area contributed by atoms with E-state index in [1.807, 2.05) is 0 Å². The van der Waals surface area contributed by atoms with Crippen LogP contribution in [0.15, 0.2) is 47.5 Å². The highest BCUT2D eigenvalue weighted by Crippen LogP contribution is 2.19. The van der Waals surface area contributed by atoms with Gasteiger partial charge in [-0.25, -0.2) is 18.1 Å². The number of hydrogen-bond donors (Lipinski definition) is 2. The minimum Gasteiger partial charge on any atom is -0.373 e. The molecule has 2 N–H and O–H groups in total. The van der Waals surface area contributed by atoms with Gasteiger partial charge in [0.05, 0.1) is 0 Å². The van der Waals surface area contributed by atoms with Crippen molar-refractivity contribution >= 4 is 27.4 Å². The largest absolute Gasteiger partial charge is 0.373 e. The molecule has 7 heteroatoms. The number of rotatable bonds is 5. The molecule has 0 fully saturated rings. The highest BCUT2D eigenvalue weighted by atomic mass is 35.5.